The number of aromatic nitrogens is 3. The van der Waals surface area contributed by atoms with Crippen molar-refractivity contribution in [2.75, 3.05) is 20.6 Å². The van der Waals surface area contributed by atoms with Gasteiger partial charge in [0.2, 0.25) is 10.0 Å². The molecular formula is C19H22FN5O3S2. The van der Waals surface area contributed by atoms with Gasteiger partial charge in [-0.1, -0.05) is 18.2 Å². The van der Waals surface area contributed by atoms with Gasteiger partial charge in [0, 0.05) is 36.0 Å². The maximum atomic E-state index is 12.7. The van der Waals surface area contributed by atoms with Crippen molar-refractivity contribution in [1.82, 2.24) is 18.7 Å². The Hall–Kier alpha value is -2.60. The molecule has 0 aliphatic carbocycles. The molecule has 0 spiro atoms. The molecule has 0 aliphatic heterocycles. The van der Waals surface area contributed by atoms with Gasteiger partial charge in [0.25, 0.3) is 0 Å². The van der Waals surface area contributed by atoms with E-state index in [0.717, 1.165) is 14.4 Å². The summed E-state index contributed by atoms with van der Waals surface area (Å²) in [6.45, 7) is 0.257. The molecule has 8 nitrogen and oxygen atoms in total. The summed E-state index contributed by atoms with van der Waals surface area (Å²) in [6, 6.07) is 10.5. The molecule has 0 aliphatic rings. The van der Waals surface area contributed by atoms with Crippen molar-refractivity contribution in [3.8, 4) is 10.4 Å². The van der Waals surface area contributed by atoms with Crippen LogP contribution >= 0.6 is 11.3 Å². The minimum Gasteiger partial charge on any atom is -0.327 e. The van der Waals surface area contributed by atoms with E-state index < -0.39 is 10.0 Å². The van der Waals surface area contributed by atoms with E-state index in [-0.39, 0.29) is 35.8 Å². The molecule has 0 bridgehead atoms. The lowest BCUT2D eigenvalue weighted by molar-refractivity contribution is 0.521. The van der Waals surface area contributed by atoms with E-state index in [1.165, 1.54) is 40.6 Å². The Morgan fingerprint density at radius 2 is 2.00 bits per heavy atom. The van der Waals surface area contributed by atoms with Crippen LogP contribution in [-0.2, 0) is 23.1 Å². The van der Waals surface area contributed by atoms with Crippen molar-refractivity contribution < 1.29 is 12.8 Å². The van der Waals surface area contributed by atoms with Crippen LogP contribution in [0.4, 0.5) is 4.39 Å². The second-order valence-corrected chi connectivity index (χ2v) is 10.0. The second-order valence-electron chi connectivity index (χ2n) is 6.72. The van der Waals surface area contributed by atoms with Crippen molar-refractivity contribution in [3.05, 3.63) is 70.0 Å². The Labute approximate surface area is 177 Å². The van der Waals surface area contributed by atoms with Crippen LogP contribution in [0.25, 0.3) is 10.4 Å². The summed E-state index contributed by atoms with van der Waals surface area (Å²) in [6.07, 6.45) is 1.77. The molecule has 0 fully saturated rings. The maximum absolute atomic E-state index is 12.7. The number of benzene rings is 1. The van der Waals surface area contributed by atoms with Crippen LogP contribution < -0.4 is 11.4 Å². The van der Waals surface area contributed by atoms with Gasteiger partial charge in [-0.15, -0.1) is 11.3 Å². The Kier molecular flexibility index (Phi) is 6.66. The van der Waals surface area contributed by atoms with Gasteiger partial charge in [0.1, 0.15) is 6.33 Å². The molecule has 2 aromatic heterocycles. The lowest BCUT2D eigenvalue weighted by Crippen LogP contribution is -2.26. The van der Waals surface area contributed by atoms with Crippen LogP contribution in [0.15, 0.2) is 64.3 Å². The monoisotopic (exact) mass is 451 g/mol. The fourth-order valence-corrected chi connectivity index (χ4v) is 5.00. The lowest BCUT2D eigenvalue weighted by Gasteiger charge is -2.14. The SMILES string of the molecule is CN(C)S(=O)(=O)c1ccccc1-c1ccc(Cn2cnn(C/C(=C/F)CN)c2=O)s1. The fraction of sp³-hybridized carbons (Fsp3) is 0.263. The van der Waals surface area contributed by atoms with E-state index in [4.69, 9.17) is 5.73 Å². The summed E-state index contributed by atoms with van der Waals surface area (Å²) < 4.78 is 41.7. The van der Waals surface area contributed by atoms with E-state index in [1.807, 2.05) is 12.1 Å². The summed E-state index contributed by atoms with van der Waals surface area (Å²) in [4.78, 5) is 14.3. The first kappa shape index (κ1) is 22.1. The van der Waals surface area contributed by atoms with E-state index in [2.05, 4.69) is 5.10 Å². The number of sulfonamides is 1. The minimum absolute atomic E-state index is 0.000645. The lowest BCUT2D eigenvalue weighted by atomic mass is 10.2. The minimum atomic E-state index is -3.60. The Balaban J connectivity index is 1.88. The molecule has 3 rings (SSSR count). The quantitative estimate of drug-likeness (QED) is 0.563. The van der Waals surface area contributed by atoms with Crippen LogP contribution in [0, 0.1) is 0 Å². The summed E-state index contributed by atoms with van der Waals surface area (Å²) >= 11 is 1.39. The smallest absolute Gasteiger partial charge is 0.327 e. The van der Waals surface area contributed by atoms with Gasteiger partial charge in [0.05, 0.1) is 24.3 Å². The molecule has 160 valence electrons. The highest BCUT2D eigenvalue weighted by molar-refractivity contribution is 7.89. The van der Waals surface area contributed by atoms with Crippen LogP contribution in [0.5, 0.6) is 0 Å². The number of thiophene rings is 1. The summed E-state index contributed by atoms with van der Waals surface area (Å²) in [5, 5.41) is 4.00. The molecule has 0 radical (unpaired) electrons. The van der Waals surface area contributed by atoms with Gasteiger partial charge >= 0.3 is 5.69 Å². The van der Waals surface area contributed by atoms with Gasteiger partial charge in [0.15, 0.2) is 0 Å². The number of hydrogen-bond acceptors (Lipinski definition) is 6. The first-order valence-electron chi connectivity index (χ1n) is 8.99. The fourth-order valence-electron chi connectivity index (χ4n) is 2.79. The molecule has 3 aromatic rings. The highest BCUT2D eigenvalue weighted by atomic mass is 32.2. The first-order chi connectivity index (χ1) is 14.3. The number of nitrogens with zero attached hydrogens (tertiary/aromatic N) is 4. The third-order valence-corrected chi connectivity index (χ3v) is 7.44. The zero-order valence-electron chi connectivity index (χ0n) is 16.5. The standard InChI is InChI=1S/C19H22FN5O3S2/c1-23(2)30(27,28)18-6-4-3-5-16(18)17-8-7-15(29-17)12-24-13-22-25(19(24)26)11-14(9-20)10-21/h3-9,13H,10-12,21H2,1-2H3/b14-9+. The molecule has 0 saturated heterocycles. The second kappa shape index (κ2) is 9.04. The Morgan fingerprint density at radius 1 is 1.27 bits per heavy atom. The third kappa shape index (κ3) is 4.43. The highest BCUT2D eigenvalue weighted by Crippen LogP contribution is 2.34. The third-order valence-electron chi connectivity index (χ3n) is 4.47. The molecule has 2 heterocycles. The number of rotatable bonds is 8. The van der Waals surface area contributed by atoms with Gasteiger partial charge in [-0.25, -0.2) is 26.6 Å². The molecule has 2 N–H and O–H groups in total. The molecule has 1 aromatic carbocycles. The average molecular weight is 452 g/mol. The van der Waals surface area contributed by atoms with Crippen molar-refractivity contribution in [3.63, 3.8) is 0 Å². The topological polar surface area (TPSA) is 103 Å². The van der Waals surface area contributed by atoms with Gasteiger partial charge < -0.3 is 5.73 Å². The van der Waals surface area contributed by atoms with Gasteiger partial charge in [-0.05, 0) is 23.8 Å². The van der Waals surface area contributed by atoms with E-state index >= 15 is 0 Å². The molecule has 11 heteroatoms. The predicted octanol–water partition coefficient (Wildman–Crippen LogP) is 1.88. The molecule has 0 amide bonds. The predicted molar refractivity (Wildman–Crippen MR) is 114 cm³/mol. The van der Waals surface area contributed by atoms with Crippen LogP contribution in [0.1, 0.15) is 4.88 Å². The van der Waals surface area contributed by atoms with E-state index in [1.54, 1.807) is 24.3 Å². The van der Waals surface area contributed by atoms with Crippen molar-refractivity contribution in [1.29, 1.82) is 0 Å². The van der Waals surface area contributed by atoms with Gasteiger partial charge in [-0.2, -0.15) is 5.10 Å². The normalized spacial score (nSPS) is 12.6. The summed E-state index contributed by atoms with van der Waals surface area (Å²) in [7, 11) is -0.619. The number of nitrogens with two attached hydrogens (primary N) is 1. The van der Waals surface area contributed by atoms with Crippen LogP contribution in [0.2, 0.25) is 0 Å². The largest absolute Gasteiger partial charge is 0.346 e. The Bertz CT molecular complexity index is 1220. The zero-order chi connectivity index (χ0) is 21.9. The van der Waals surface area contributed by atoms with Crippen molar-refractivity contribution >= 4 is 21.4 Å². The van der Waals surface area contributed by atoms with Crippen molar-refractivity contribution in [2.45, 2.75) is 18.0 Å². The number of hydrogen-bond donors (Lipinski definition) is 1. The average Bonchev–Trinajstić information content (AvgIpc) is 3.34. The van der Waals surface area contributed by atoms with Gasteiger partial charge in [-0.3, -0.25) is 4.57 Å². The highest BCUT2D eigenvalue weighted by Gasteiger charge is 2.22. The van der Waals surface area contributed by atoms with Crippen LogP contribution in [0.3, 0.4) is 0 Å². The molecule has 0 saturated carbocycles. The molecular weight excluding hydrogens is 429 g/mol. The van der Waals surface area contributed by atoms with E-state index in [9.17, 15) is 17.6 Å². The first-order valence-corrected chi connectivity index (χ1v) is 11.2. The van der Waals surface area contributed by atoms with E-state index in [0.29, 0.717) is 11.9 Å². The molecule has 30 heavy (non-hydrogen) atoms. The van der Waals surface area contributed by atoms with Crippen molar-refractivity contribution in [2.24, 2.45) is 5.73 Å². The summed E-state index contributed by atoms with van der Waals surface area (Å²) in [5.74, 6) is 0. The molecule has 0 atom stereocenters. The number of halogens is 1. The zero-order valence-corrected chi connectivity index (χ0v) is 18.2. The summed E-state index contributed by atoms with van der Waals surface area (Å²) in [5.41, 5.74) is 5.91. The molecule has 0 unspecified atom stereocenters. The maximum Gasteiger partial charge on any atom is 0.346 e. The Morgan fingerprint density at radius 3 is 2.67 bits per heavy atom. The van der Waals surface area contributed by atoms with Crippen LogP contribution in [-0.4, -0.2) is 47.7 Å².